The van der Waals surface area contributed by atoms with Crippen LogP contribution in [0.2, 0.25) is 0 Å². The summed E-state index contributed by atoms with van der Waals surface area (Å²) >= 11 is 1.39. The average molecular weight is 439 g/mol. The zero-order chi connectivity index (χ0) is 21.5. The maximum absolute atomic E-state index is 13.4. The Hall–Kier alpha value is -2.90. The minimum Gasteiger partial charge on any atom is -0.467 e. The molecule has 1 aromatic carbocycles. The van der Waals surface area contributed by atoms with Gasteiger partial charge in [-0.2, -0.15) is 0 Å². The Balaban J connectivity index is 1.51. The molecule has 3 aromatic rings. The molecule has 2 aromatic heterocycles. The lowest BCUT2D eigenvalue weighted by Crippen LogP contribution is -2.45. The molecule has 162 valence electrons. The molecule has 0 aliphatic carbocycles. The second-order valence-electron chi connectivity index (χ2n) is 7.61. The van der Waals surface area contributed by atoms with E-state index in [4.69, 9.17) is 9.15 Å². The van der Waals surface area contributed by atoms with E-state index in [0.29, 0.717) is 36.9 Å². The van der Waals surface area contributed by atoms with Gasteiger partial charge < -0.3 is 19.0 Å². The van der Waals surface area contributed by atoms with Crippen LogP contribution in [0.25, 0.3) is 0 Å². The van der Waals surface area contributed by atoms with Gasteiger partial charge in [0.1, 0.15) is 12.3 Å². The molecular formula is C24H26N2O4S. The summed E-state index contributed by atoms with van der Waals surface area (Å²) in [6.07, 6.45) is 3.47. The molecule has 1 unspecified atom stereocenters. The summed E-state index contributed by atoms with van der Waals surface area (Å²) in [6, 6.07) is 17.1. The fraction of sp³-hybridized carbons (Fsp3) is 0.333. The highest BCUT2D eigenvalue weighted by Crippen LogP contribution is 2.18. The monoisotopic (exact) mass is 438 g/mol. The second kappa shape index (κ2) is 10.4. The summed E-state index contributed by atoms with van der Waals surface area (Å²) in [4.78, 5) is 30.5. The Labute approximate surface area is 186 Å². The van der Waals surface area contributed by atoms with E-state index in [1.165, 1.54) is 11.3 Å². The van der Waals surface area contributed by atoms with Gasteiger partial charge in [0.2, 0.25) is 5.91 Å². The number of amides is 2. The van der Waals surface area contributed by atoms with Gasteiger partial charge in [0.15, 0.2) is 0 Å². The van der Waals surface area contributed by atoms with Crippen molar-refractivity contribution in [1.82, 2.24) is 9.80 Å². The van der Waals surface area contributed by atoms with Gasteiger partial charge in [-0.15, -0.1) is 11.3 Å². The molecule has 3 heterocycles. The van der Waals surface area contributed by atoms with Gasteiger partial charge in [-0.1, -0.05) is 36.4 Å². The van der Waals surface area contributed by atoms with Crippen molar-refractivity contribution in [3.05, 3.63) is 82.4 Å². The van der Waals surface area contributed by atoms with E-state index in [-0.39, 0.29) is 24.5 Å². The topological polar surface area (TPSA) is 63.0 Å². The molecule has 0 spiro atoms. The number of carbonyl (C=O) groups is 2. The Morgan fingerprint density at radius 1 is 1.00 bits per heavy atom. The molecule has 0 saturated carbocycles. The number of hydrogen-bond acceptors (Lipinski definition) is 5. The molecule has 0 radical (unpaired) electrons. The Bertz CT molecular complexity index is 951. The SMILES string of the molecule is O=C(CN(CC1CCCO1)C(=O)c1cccs1)N(Cc1ccccc1)Cc1ccco1. The van der Waals surface area contributed by atoms with Crippen molar-refractivity contribution in [3.8, 4) is 0 Å². The van der Waals surface area contributed by atoms with Crippen LogP contribution < -0.4 is 0 Å². The lowest BCUT2D eigenvalue weighted by molar-refractivity contribution is -0.133. The van der Waals surface area contributed by atoms with E-state index < -0.39 is 0 Å². The molecule has 1 aliphatic rings. The minimum atomic E-state index is -0.128. The third kappa shape index (κ3) is 5.83. The molecule has 0 bridgehead atoms. The maximum atomic E-state index is 13.4. The van der Waals surface area contributed by atoms with Crippen LogP contribution in [-0.2, 0) is 22.6 Å². The first-order valence-corrected chi connectivity index (χ1v) is 11.4. The average Bonchev–Trinajstić information content (AvgIpc) is 3.56. The normalized spacial score (nSPS) is 15.7. The molecule has 1 atom stereocenters. The van der Waals surface area contributed by atoms with E-state index in [9.17, 15) is 9.59 Å². The van der Waals surface area contributed by atoms with Crippen LogP contribution in [0.4, 0.5) is 0 Å². The lowest BCUT2D eigenvalue weighted by Gasteiger charge is -2.28. The molecular weight excluding hydrogens is 412 g/mol. The summed E-state index contributed by atoms with van der Waals surface area (Å²) in [5.74, 6) is 0.458. The van der Waals surface area contributed by atoms with E-state index in [2.05, 4.69) is 0 Å². The Kier molecular flexibility index (Phi) is 7.17. The van der Waals surface area contributed by atoms with Crippen molar-refractivity contribution in [2.75, 3.05) is 19.7 Å². The molecule has 7 heteroatoms. The van der Waals surface area contributed by atoms with Crippen LogP contribution in [-0.4, -0.2) is 47.4 Å². The molecule has 6 nitrogen and oxygen atoms in total. The van der Waals surface area contributed by atoms with Crippen LogP contribution in [0.5, 0.6) is 0 Å². The van der Waals surface area contributed by atoms with E-state index in [1.54, 1.807) is 22.1 Å². The van der Waals surface area contributed by atoms with Gasteiger partial charge in [0.25, 0.3) is 5.91 Å². The van der Waals surface area contributed by atoms with Gasteiger partial charge in [0, 0.05) is 19.7 Å². The highest BCUT2D eigenvalue weighted by Gasteiger charge is 2.27. The lowest BCUT2D eigenvalue weighted by atomic mass is 10.2. The summed E-state index contributed by atoms with van der Waals surface area (Å²) in [7, 11) is 0. The van der Waals surface area contributed by atoms with Gasteiger partial charge in [-0.05, 0) is 42.0 Å². The minimum absolute atomic E-state index is 0.00410. The molecule has 1 aliphatic heterocycles. The molecule has 31 heavy (non-hydrogen) atoms. The summed E-state index contributed by atoms with van der Waals surface area (Å²) in [5, 5.41) is 1.87. The van der Waals surface area contributed by atoms with Gasteiger partial charge in [-0.3, -0.25) is 9.59 Å². The number of furan rings is 1. The largest absolute Gasteiger partial charge is 0.467 e. The number of hydrogen-bond donors (Lipinski definition) is 0. The number of carbonyl (C=O) groups excluding carboxylic acids is 2. The predicted octanol–water partition coefficient (Wildman–Crippen LogP) is 4.19. The van der Waals surface area contributed by atoms with E-state index in [0.717, 1.165) is 18.4 Å². The van der Waals surface area contributed by atoms with E-state index in [1.807, 2.05) is 53.9 Å². The second-order valence-corrected chi connectivity index (χ2v) is 8.56. The standard InChI is InChI=1S/C24H26N2O4S/c27-23(25(16-20-9-4-12-29-20)15-19-7-2-1-3-8-19)18-26(17-21-10-5-13-30-21)24(28)22-11-6-14-31-22/h1-4,6-9,11-12,14,21H,5,10,13,15-18H2. The zero-order valence-electron chi connectivity index (χ0n) is 17.3. The van der Waals surface area contributed by atoms with Gasteiger partial charge in [-0.25, -0.2) is 0 Å². The molecule has 0 N–H and O–H groups in total. The van der Waals surface area contributed by atoms with Crippen molar-refractivity contribution in [2.45, 2.75) is 32.0 Å². The smallest absolute Gasteiger partial charge is 0.264 e. The first-order valence-electron chi connectivity index (χ1n) is 10.5. The Morgan fingerprint density at radius 2 is 1.87 bits per heavy atom. The summed E-state index contributed by atoms with van der Waals surface area (Å²) in [5.41, 5.74) is 1.03. The number of benzene rings is 1. The number of nitrogens with zero attached hydrogens (tertiary/aromatic N) is 2. The first-order chi connectivity index (χ1) is 15.2. The quantitative estimate of drug-likeness (QED) is 0.503. The fourth-order valence-electron chi connectivity index (χ4n) is 3.70. The molecule has 1 fully saturated rings. The zero-order valence-corrected chi connectivity index (χ0v) is 18.1. The van der Waals surface area contributed by atoms with Crippen LogP contribution in [0, 0.1) is 0 Å². The van der Waals surface area contributed by atoms with Crippen molar-refractivity contribution < 1.29 is 18.7 Å². The van der Waals surface area contributed by atoms with Crippen molar-refractivity contribution in [2.24, 2.45) is 0 Å². The fourth-order valence-corrected chi connectivity index (χ4v) is 4.39. The Morgan fingerprint density at radius 3 is 2.55 bits per heavy atom. The van der Waals surface area contributed by atoms with Crippen molar-refractivity contribution in [1.29, 1.82) is 0 Å². The third-order valence-corrected chi connectivity index (χ3v) is 6.15. The van der Waals surface area contributed by atoms with Crippen molar-refractivity contribution in [3.63, 3.8) is 0 Å². The molecule has 4 rings (SSSR count). The third-order valence-electron chi connectivity index (χ3n) is 5.29. The van der Waals surface area contributed by atoms with Crippen LogP contribution in [0.1, 0.15) is 33.8 Å². The van der Waals surface area contributed by atoms with Crippen molar-refractivity contribution >= 4 is 23.2 Å². The number of thiophene rings is 1. The summed E-state index contributed by atoms with van der Waals surface area (Å²) in [6.45, 7) is 1.92. The van der Waals surface area contributed by atoms with Crippen LogP contribution in [0.15, 0.2) is 70.7 Å². The molecule has 2 amide bonds. The van der Waals surface area contributed by atoms with Gasteiger partial charge >= 0.3 is 0 Å². The number of ether oxygens (including phenoxy) is 1. The van der Waals surface area contributed by atoms with E-state index >= 15 is 0 Å². The number of rotatable bonds is 9. The predicted molar refractivity (Wildman–Crippen MR) is 119 cm³/mol. The van der Waals surface area contributed by atoms with Crippen LogP contribution in [0.3, 0.4) is 0 Å². The highest BCUT2D eigenvalue weighted by molar-refractivity contribution is 7.12. The maximum Gasteiger partial charge on any atom is 0.264 e. The first kappa shape index (κ1) is 21.3. The molecule has 1 saturated heterocycles. The summed E-state index contributed by atoms with van der Waals surface area (Å²) < 4.78 is 11.2. The highest BCUT2D eigenvalue weighted by atomic mass is 32.1. The van der Waals surface area contributed by atoms with Crippen LogP contribution >= 0.6 is 11.3 Å². The van der Waals surface area contributed by atoms with Gasteiger partial charge in [0.05, 0.1) is 23.8 Å².